The monoisotopic (exact) mass is 409 g/mol. The van der Waals surface area contributed by atoms with Crippen LogP contribution in [0, 0.1) is 0 Å². The normalized spacial score (nSPS) is 18.4. The fraction of sp³-hybridized carbons (Fsp3) is 0.696. The molecule has 1 saturated heterocycles. The van der Waals surface area contributed by atoms with Crippen molar-refractivity contribution in [3.05, 3.63) is 29.8 Å². The minimum atomic E-state index is -1.62. The smallest absolute Gasteiger partial charge is 0.342 e. The van der Waals surface area contributed by atoms with E-state index in [0.29, 0.717) is 19.7 Å². The maximum absolute atomic E-state index is 14.0. The highest BCUT2D eigenvalue weighted by atomic mass is 19.1. The Balaban J connectivity index is 1.73. The lowest BCUT2D eigenvalue weighted by Crippen LogP contribution is -2.43. The van der Waals surface area contributed by atoms with E-state index in [4.69, 9.17) is 14.2 Å². The summed E-state index contributed by atoms with van der Waals surface area (Å²) in [6.45, 7) is 6.55. The zero-order valence-corrected chi connectivity index (χ0v) is 17.9. The molecule has 1 fully saturated rings. The van der Waals surface area contributed by atoms with Crippen LogP contribution in [0.1, 0.15) is 64.0 Å². The second-order valence-electron chi connectivity index (χ2n) is 7.52. The number of esters is 1. The van der Waals surface area contributed by atoms with Crippen LogP contribution in [0.3, 0.4) is 0 Å². The number of nitrogens with zero attached hydrogens (tertiary/aromatic N) is 1. The number of morpholine rings is 1. The topological polar surface area (TPSA) is 48.0 Å². The number of hydrogen-bond acceptors (Lipinski definition) is 5. The average Bonchev–Trinajstić information content (AvgIpc) is 2.74. The van der Waals surface area contributed by atoms with E-state index >= 15 is 0 Å². The summed E-state index contributed by atoms with van der Waals surface area (Å²) in [4.78, 5) is 13.4. The van der Waals surface area contributed by atoms with Crippen molar-refractivity contribution in [3.63, 3.8) is 0 Å². The molecule has 0 N–H and O–H groups in total. The second kappa shape index (κ2) is 13.5. The highest BCUT2D eigenvalue weighted by Gasteiger charge is 2.27. The molecule has 0 aromatic heterocycles. The van der Waals surface area contributed by atoms with E-state index in [1.807, 2.05) is 29.2 Å². The lowest BCUT2D eigenvalue weighted by molar-refractivity contribution is -0.150. The summed E-state index contributed by atoms with van der Waals surface area (Å²) in [6, 6.07) is 7.93. The maximum Gasteiger partial charge on any atom is 0.342 e. The van der Waals surface area contributed by atoms with Gasteiger partial charge in [0.1, 0.15) is 5.75 Å². The Bertz CT molecular complexity index is 581. The van der Waals surface area contributed by atoms with E-state index in [2.05, 4.69) is 6.92 Å². The molecular formula is C23H36FNO4. The Morgan fingerprint density at radius 2 is 1.90 bits per heavy atom. The zero-order chi connectivity index (χ0) is 20.9. The number of unbranched alkanes of at least 4 members (excludes halogenated alkanes) is 5. The summed E-state index contributed by atoms with van der Waals surface area (Å²) < 4.78 is 30.4. The molecule has 1 aliphatic heterocycles. The van der Waals surface area contributed by atoms with Gasteiger partial charge in [0.05, 0.1) is 25.9 Å². The standard InChI is InChI=1S/C23H36FNO4/c1-3-5-6-7-8-9-15-28-20-12-10-19(11-13-20)22-18-25(14-16-29-22)17-21(24)23(26)27-4-2/h10-13,21-22H,3-9,14-18H2,1-2H3. The molecule has 0 saturated carbocycles. The predicted octanol–water partition coefficient (Wildman–Crippen LogP) is 4.70. The van der Waals surface area contributed by atoms with E-state index in [1.54, 1.807) is 6.92 Å². The van der Waals surface area contributed by atoms with Crippen molar-refractivity contribution in [3.8, 4) is 5.75 Å². The van der Waals surface area contributed by atoms with Gasteiger partial charge in [0.2, 0.25) is 6.17 Å². The van der Waals surface area contributed by atoms with Crippen LogP contribution in [0.5, 0.6) is 5.75 Å². The largest absolute Gasteiger partial charge is 0.494 e. The van der Waals surface area contributed by atoms with Gasteiger partial charge < -0.3 is 14.2 Å². The highest BCUT2D eigenvalue weighted by Crippen LogP contribution is 2.25. The van der Waals surface area contributed by atoms with E-state index in [9.17, 15) is 9.18 Å². The van der Waals surface area contributed by atoms with Gasteiger partial charge in [-0.15, -0.1) is 0 Å². The van der Waals surface area contributed by atoms with Crippen molar-refractivity contribution in [1.29, 1.82) is 0 Å². The molecule has 0 amide bonds. The first-order valence-corrected chi connectivity index (χ1v) is 11.0. The van der Waals surface area contributed by atoms with Crippen LogP contribution < -0.4 is 4.74 Å². The Kier molecular flexibility index (Phi) is 11.0. The second-order valence-corrected chi connectivity index (χ2v) is 7.52. The van der Waals surface area contributed by atoms with Gasteiger partial charge in [-0.2, -0.15) is 0 Å². The average molecular weight is 410 g/mol. The van der Waals surface area contributed by atoms with Crippen LogP contribution >= 0.6 is 0 Å². The molecule has 0 bridgehead atoms. The predicted molar refractivity (Wildman–Crippen MR) is 112 cm³/mol. The van der Waals surface area contributed by atoms with Gasteiger partial charge in [0, 0.05) is 19.6 Å². The molecule has 1 heterocycles. The summed E-state index contributed by atoms with van der Waals surface area (Å²) in [6.07, 6.45) is 5.72. The quantitative estimate of drug-likeness (QED) is 0.349. The third-order valence-electron chi connectivity index (χ3n) is 5.13. The van der Waals surface area contributed by atoms with Gasteiger partial charge in [0.25, 0.3) is 0 Å². The van der Waals surface area contributed by atoms with Crippen LogP contribution in [-0.4, -0.2) is 56.5 Å². The number of rotatable bonds is 13. The lowest BCUT2D eigenvalue weighted by Gasteiger charge is -2.33. The number of carbonyl (C=O) groups is 1. The lowest BCUT2D eigenvalue weighted by atomic mass is 10.1. The molecular weight excluding hydrogens is 373 g/mol. The fourth-order valence-corrected chi connectivity index (χ4v) is 3.46. The Morgan fingerprint density at radius 3 is 2.62 bits per heavy atom. The van der Waals surface area contributed by atoms with Crippen LogP contribution in [0.25, 0.3) is 0 Å². The summed E-state index contributed by atoms with van der Waals surface area (Å²) >= 11 is 0. The first kappa shape index (κ1) is 23.6. The molecule has 29 heavy (non-hydrogen) atoms. The maximum atomic E-state index is 14.0. The van der Waals surface area contributed by atoms with Gasteiger partial charge in [-0.1, -0.05) is 51.2 Å². The molecule has 1 aliphatic rings. The molecule has 164 valence electrons. The van der Waals surface area contributed by atoms with E-state index in [0.717, 1.165) is 24.3 Å². The molecule has 0 radical (unpaired) electrons. The van der Waals surface area contributed by atoms with Crippen molar-refractivity contribution in [2.24, 2.45) is 0 Å². The summed E-state index contributed by atoms with van der Waals surface area (Å²) in [7, 11) is 0. The van der Waals surface area contributed by atoms with Gasteiger partial charge in [0.15, 0.2) is 0 Å². The van der Waals surface area contributed by atoms with Crippen LogP contribution in [0.15, 0.2) is 24.3 Å². The fourth-order valence-electron chi connectivity index (χ4n) is 3.46. The Labute approximate surface area is 174 Å². The number of halogens is 1. The molecule has 0 aliphatic carbocycles. The molecule has 2 atom stereocenters. The molecule has 2 unspecified atom stereocenters. The first-order chi connectivity index (χ1) is 14.1. The van der Waals surface area contributed by atoms with Crippen molar-refractivity contribution in [1.82, 2.24) is 4.90 Å². The SMILES string of the molecule is CCCCCCCCOc1ccc(C2CN(CC(F)C(=O)OCC)CCO2)cc1. The van der Waals surface area contributed by atoms with E-state index in [-0.39, 0.29) is 19.3 Å². The number of hydrogen-bond donors (Lipinski definition) is 0. The number of ether oxygens (including phenoxy) is 3. The van der Waals surface area contributed by atoms with Gasteiger partial charge in [-0.3, -0.25) is 4.90 Å². The Morgan fingerprint density at radius 1 is 1.17 bits per heavy atom. The van der Waals surface area contributed by atoms with Crippen LogP contribution in [0.4, 0.5) is 4.39 Å². The number of carbonyl (C=O) groups excluding carboxylic acids is 1. The van der Waals surface area contributed by atoms with Gasteiger partial charge in [-0.05, 0) is 31.0 Å². The molecule has 2 rings (SSSR count). The van der Waals surface area contributed by atoms with Gasteiger partial charge >= 0.3 is 5.97 Å². The minimum absolute atomic E-state index is 0.0398. The molecule has 0 spiro atoms. The molecule has 1 aromatic rings. The van der Waals surface area contributed by atoms with Crippen molar-refractivity contribution in [2.75, 3.05) is 39.5 Å². The van der Waals surface area contributed by atoms with Crippen LogP contribution in [-0.2, 0) is 14.3 Å². The summed E-state index contributed by atoms with van der Waals surface area (Å²) in [5.41, 5.74) is 1.04. The van der Waals surface area contributed by atoms with E-state index < -0.39 is 12.1 Å². The molecule has 1 aromatic carbocycles. The third kappa shape index (κ3) is 8.70. The molecule has 6 heteroatoms. The van der Waals surface area contributed by atoms with Crippen molar-refractivity contribution >= 4 is 5.97 Å². The summed E-state index contributed by atoms with van der Waals surface area (Å²) in [5, 5.41) is 0. The number of benzene rings is 1. The van der Waals surface area contributed by atoms with Gasteiger partial charge in [-0.25, -0.2) is 9.18 Å². The first-order valence-electron chi connectivity index (χ1n) is 11.0. The van der Waals surface area contributed by atoms with E-state index in [1.165, 1.54) is 32.1 Å². The van der Waals surface area contributed by atoms with Crippen LogP contribution in [0.2, 0.25) is 0 Å². The Hall–Kier alpha value is -1.66. The van der Waals surface area contributed by atoms with Crippen molar-refractivity contribution in [2.45, 2.75) is 64.6 Å². The summed E-state index contributed by atoms with van der Waals surface area (Å²) in [5.74, 6) is 0.0727. The minimum Gasteiger partial charge on any atom is -0.494 e. The van der Waals surface area contributed by atoms with Crippen molar-refractivity contribution < 1.29 is 23.4 Å². The third-order valence-corrected chi connectivity index (χ3v) is 5.13. The zero-order valence-electron chi connectivity index (χ0n) is 17.9. The highest BCUT2D eigenvalue weighted by molar-refractivity contribution is 5.74. The molecule has 5 nitrogen and oxygen atoms in total. The number of alkyl halides is 1.